The molecule has 1 rings (SSSR count). The molecule has 0 aliphatic rings. The lowest BCUT2D eigenvalue weighted by atomic mass is 9.98. The molecule has 1 N–H and O–H groups in total. The van der Waals surface area contributed by atoms with Gasteiger partial charge in [-0.1, -0.05) is 13.8 Å². The molecule has 0 bridgehead atoms. The summed E-state index contributed by atoms with van der Waals surface area (Å²) in [5.74, 6) is 0.0313. The van der Waals surface area contributed by atoms with Gasteiger partial charge in [-0.3, -0.25) is 9.78 Å². The van der Waals surface area contributed by atoms with Gasteiger partial charge in [-0.05, 0) is 52.2 Å². The third-order valence-electron chi connectivity index (χ3n) is 3.44. The average molecular weight is 292 g/mol. The Labute approximate surface area is 128 Å². The molecular formula is C17H28N2O2. The molecule has 0 radical (unpaired) electrons. The van der Waals surface area contributed by atoms with Crippen molar-refractivity contribution in [3.05, 3.63) is 29.6 Å². The van der Waals surface area contributed by atoms with E-state index >= 15 is 0 Å². The van der Waals surface area contributed by atoms with E-state index in [1.807, 2.05) is 53.4 Å². The van der Waals surface area contributed by atoms with Crippen molar-refractivity contribution in [1.82, 2.24) is 9.88 Å². The number of nitrogens with zero attached hydrogens (tertiary/aromatic N) is 2. The smallest absolute Gasteiger partial charge is 0.256 e. The van der Waals surface area contributed by atoms with E-state index < -0.39 is 6.10 Å². The maximum Gasteiger partial charge on any atom is 0.256 e. The largest absolute Gasteiger partial charge is 0.388 e. The van der Waals surface area contributed by atoms with Crippen molar-refractivity contribution in [3.8, 4) is 0 Å². The van der Waals surface area contributed by atoms with Gasteiger partial charge in [0, 0.05) is 24.0 Å². The summed E-state index contributed by atoms with van der Waals surface area (Å²) in [6.07, 6.45) is 2.59. The summed E-state index contributed by atoms with van der Waals surface area (Å²) in [6, 6.07) is 1.84. The minimum absolute atomic E-state index is 0.0530. The van der Waals surface area contributed by atoms with Crippen LogP contribution < -0.4 is 0 Å². The van der Waals surface area contributed by atoms with Gasteiger partial charge in [-0.25, -0.2) is 0 Å². The van der Waals surface area contributed by atoms with Crippen molar-refractivity contribution >= 4 is 5.91 Å². The van der Waals surface area contributed by atoms with Crippen molar-refractivity contribution in [3.63, 3.8) is 0 Å². The Morgan fingerprint density at radius 1 is 1.19 bits per heavy atom. The fraction of sp³-hybridized carbons (Fsp3) is 0.647. The zero-order valence-electron chi connectivity index (χ0n) is 14.2. The van der Waals surface area contributed by atoms with Crippen LogP contribution in [0.4, 0.5) is 0 Å². The van der Waals surface area contributed by atoms with Gasteiger partial charge in [0.15, 0.2) is 0 Å². The fourth-order valence-corrected chi connectivity index (χ4v) is 2.57. The SMILES string of the molecule is CC(C)[C@H](O)c1cncc(C(=O)N(C(C)C)C(C)(C)C)c1. The molecular weight excluding hydrogens is 264 g/mol. The van der Waals surface area contributed by atoms with Crippen LogP contribution in [0.2, 0.25) is 0 Å². The van der Waals surface area contributed by atoms with E-state index in [1.54, 1.807) is 18.5 Å². The van der Waals surface area contributed by atoms with Crippen LogP contribution in [0.25, 0.3) is 0 Å². The van der Waals surface area contributed by atoms with E-state index in [2.05, 4.69) is 4.98 Å². The molecule has 0 aromatic carbocycles. The van der Waals surface area contributed by atoms with E-state index in [9.17, 15) is 9.90 Å². The molecule has 0 aliphatic heterocycles. The standard InChI is InChI=1S/C17H28N2O2/c1-11(2)15(20)13-8-14(10-18-9-13)16(21)19(12(3)4)17(5,6)7/h8-12,15,20H,1-7H3/t15-/m0/s1. The monoisotopic (exact) mass is 292 g/mol. The molecule has 0 saturated carbocycles. The first-order valence-electron chi connectivity index (χ1n) is 7.52. The van der Waals surface area contributed by atoms with Crippen LogP contribution in [0.15, 0.2) is 18.5 Å². The number of aliphatic hydroxyl groups excluding tert-OH is 1. The zero-order valence-corrected chi connectivity index (χ0v) is 14.2. The van der Waals surface area contributed by atoms with Crippen molar-refractivity contribution in [2.45, 2.75) is 66.2 Å². The molecule has 0 unspecified atom stereocenters. The number of hydrogen-bond acceptors (Lipinski definition) is 3. The van der Waals surface area contributed by atoms with Crippen molar-refractivity contribution < 1.29 is 9.90 Å². The van der Waals surface area contributed by atoms with Gasteiger partial charge >= 0.3 is 0 Å². The molecule has 0 fully saturated rings. The van der Waals surface area contributed by atoms with Gasteiger partial charge in [0.25, 0.3) is 5.91 Å². The Bertz CT molecular complexity index is 490. The Balaban J connectivity index is 3.15. The maximum absolute atomic E-state index is 12.8. The molecule has 1 atom stereocenters. The van der Waals surface area contributed by atoms with E-state index in [4.69, 9.17) is 0 Å². The van der Waals surface area contributed by atoms with Crippen LogP contribution >= 0.6 is 0 Å². The second-order valence-electron chi connectivity index (χ2n) is 7.14. The number of aliphatic hydroxyl groups is 1. The Morgan fingerprint density at radius 3 is 2.19 bits per heavy atom. The third-order valence-corrected chi connectivity index (χ3v) is 3.44. The number of pyridine rings is 1. The molecule has 1 heterocycles. The van der Waals surface area contributed by atoms with Gasteiger partial charge < -0.3 is 10.0 Å². The van der Waals surface area contributed by atoms with Crippen molar-refractivity contribution in [2.75, 3.05) is 0 Å². The number of amides is 1. The second kappa shape index (κ2) is 6.56. The summed E-state index contributed by atoms with van der Waals surface area (Å²) < 4.78 is 0. The highest BCUT2D eigenvalue weighted by atomic mass is 16.3. The highest BCUT2D eigenvalue weighted by molar-refractivity contribution is 5.94. The van der Waals surface area contributed by atoms with E-state index in [-0.39, 0.29) is 23.4 Å². The highest BCUT2D eigenvalue weighted by Gasteiger charge is 2.30. The maximum atomic E-state index is 12.8. The molecule has 1 amide bonds. The Kier molecular flexibility index (Phi) is 5.51. The molecule has 4 heteroatoms. The summed E-state index contributed by atoms with van der Waals surface area (Å²) in [4.78, 5) is 18.8. The number of hydrogen-bond donors (Lipinski definition) is 1. The molecule has 0 saturated heterocycles. The molecule has 21 heavy (non-hydrogen) atoms. The lowest BCUT2D eigenvalue weighted by Crippen LogP contribution is -2.49. The van der Waals surface area contributed by atoms with Crippen LogP contribution in [0.3, 0.4) is 0 Å². The Hall–Kier alpha value is -1.42. The topological polar surface area (TPSA) is 53.4 Å². The first kappa shape index (κ1) is 17.6. The normalized spacial score (nSPS) is 13.6. The van der Waals surface area contributed by atoms with E-state index in [0.29, 0.717) is 11.1 Å². The quantitative estimate of drug-likeness (QED) is 0.925. The first-order valence-corrected chi connectivity index (χ1v) is 7.52. The molecule has 0 aliphatic carbocycles. The number of aromatic nitrogens is 1. The van der Waals surface area contributed by atoms with Crippen molar-refractivity contribution in [1.29, 1.82) is 0 Å². The zero-order chi connectivity index (χ0) is 16.4. The van der Waals surface area contributed by atoms with E-state index in [0.717, 1.165) is 0 Å². The Morgan fingerprint density at radius 2 is 1.76 bits per heavy atom. The molecule has 1 aromatic rings. The lowest BCUT2D eigenvalue weighted by molar-refractivity contribution is 0.0488. The van der Waals surface area contributed by atoms with E-state index in [1.165, 1.54) is 0 Å². The summed E-state index contributed by atoms with van der Waals surface area (Å²) in [6.45, 7) is 13.9. The van der Waals surface area contributed by atoms with Crippen LogP contribution in [0, 0.1) is 5.92 Å². The summed E-state index contributed by atoms with van der Waals surface area (Å²) in [5, 5.41) is 10.1. The molecule has 0 spiro atoms. The lowest BCUT2D eigenvalue weighted by Gasteiger charge is -2.39. The van der Waals surface area contributed by atoms with Crippen LogP contribution in [-0.4, -0.2) is 32.5 Å². The van der Waals surface area contributed by atoms with Crippen LogP contribution in [-0.2, 0) is 0 Å². The van der Waals surface area contributed by atoms with Gasteiger partial charge in [0.2, 0.25) is 0 Å². The highest BCUT2D eigenvalue weighted by Crippen LogP contribution is 2.24. The third kappa shape index (κ3) is 4.27. The summed E-state index contributed by atoms with van der Waals surface area (Å²) in [5.41, 5.74) is 0.946. The summed E-state index contributed by atoms with van der Waals surface area (Å²) in [7, 11) is 0. The van der Waals surface area contributed by atoms with Crippen molar-refractivity contribution in [2.24, 2.45) is 5.92 Å². The molecule has 118 valence electrons. The fourth-order valence-electron chi connectivity index (χ4n) is 2.57. The van der Waals surface area contributed by atoms with Crippen LogP contribution in [0.5, 0.6) is 0 Å². The molecule has 4 nitrogen and oxygen atoms in total. The number of carbonyl (C=O) groups is 1. The average Bonchev–Trinajstić information content (AvgIpc) is 2.35. The minimum Gasteiger partial charge on any atom is -0.388 e. The van der Waals surface area contributed by atoms with Gasteiger partial charge in [0.1, 0.15) is 0 Å². The first-order chi connectivity index (χ1) is 9.55. The van der Waals surface area contributed by atoms with Gasteiger partial charge in [-0.2, -0.15) is 0 Å². The predicted octanol–water partition coefficient (Wildman–Crippen LogP) is 3.42. The molecule has 1 aromatic heterocycles. The number of carbonyl (C=O) groups excluding carboxylic acids is 1. The number of rotatable bonds is 4. The van der Waals surface area contributed by atoms with Gasteiger partial charge in [-0.15, -0.1) is 0 Å². The van der Waals surface area contributed by atoms with Gasteiger partial charge in [0.05, 0.1) is 11.7 Å². The minimum atomic E-state index is -0.604. The summed E-state index contributed by atoms with van der Waals surface area (Å²) >= 11 is 0. The second-order valence-corrected chi connectivity index (χ2v) is 7.14. The van der Waals surface area contributed by atoms with Crippen LogP contribution in [0.1, 0.15) is 70.5 Å². The predicted molar refractivity (Wildman–Crippen MR) is 85.1 cm³/mol.